The molecule has 1 fully saturated rings. The van der Waals surface area contributed by atoms with Crippen LogP contribution in [-0.4, -0.2) is 5.78 Å². The van der Waals surface area contributed by atoms with Crippen LogP contribution in [0.15, 0.2) is 54.6 Å². The maximum Gasteiger partial charge on any atom is 0.132 e. The van der Waals surface area contributed by atoms with Gasteiger partial charge in [-0.1, -0.05) is 54.6 Å². The van der Waals surface area contributed by atoms with E-state index < -0.39 is 0 Å². The van der Waals surface area contributed by atoms with Crippen molar-refractivity contribution in [3.8, 4) is 0 Å². The van der Waals surface area contributed by atoms with Crippen LogP contribution >= 0.6 is 0 Å². The summed E-state index contributed by atoms with van der Waals surface area (Å²) in [6.45, 7) is 0. The van der Waals surface area contributed by atoms with Crippen LogP contribution in [0.3, 0.4) is 0 Å². The average Bonchev–Trinajstić information content (AvgIpc) is 2.50. The van der Waals surface area contributed by atoms with Crippen LogP contribution in [0.2, 0.25) is 0 Å². The van der Waals surface area contributed by atoms with Crippen molar-refractivity contribution in [2.24, 2.45) is 0 Å². The normalized spacial score (nSPS) is 16.3. The summed E-state index contributed by atoms with van der Waals surface area (Å²) < 4.78 is 0. The second kappa shape index (κ2) is 6.04. The van der Waals surface area contributed by atoms with Crippen LogP contribution in [0.5, 0.6) is 0 Å². The molecular weight excluding hydrogens is 244 g/mol. The highest BCUT2D eigenvalue weighted by atomic mass is 16.1. The van der Waals surface area contributed by atoms with E-state index in [4.69, 9.17) is 0 Å². The predicted octanol–water partition coefficient (Wildman–Crippen LogP) is 4.50. The first-order chi connectivity index (χ1) is 9.83. The predicted molar refractivity (Wildman–Crippen MR) is 81.9 cm³/mol. The fourth-order valence-electron chi connectivity index (χ4n) is 3.16. The summed E-state index contributed by atoms with van der Waals surface area (Å²) in [6.07, 6.45) is 4.53. The van der Waals surface area contributed by atoms with Gasteiger partial charge in [-0.15, -0.1) is 0 Å². The molecule has 20 heavy (non-hydrogen) atoms. The van der Waals surface area contributed by atoms with Gasteiger partial charge in [0.25, 0.3) is 0 Å². The Kier molecular flexibility index (Phi) is 3.96. The number of rotatable bonds is 3. The molecule has 2 aromatic carbocycles. The minimum atomic E-state index is 0.432. The SMILES string of the molecule is O=C1CCC(c2ccccc2Cc2ccccc2)CC1. The van der Waals surface area contributed by atoms with E-state index in [-0.39, 0.29) is 0 Å². The lowest BCUT2D eigenvalue weighted by Gasteiger charge is -2.24. The highest BCUT2D eigenvalue weighted by molar-refractivity contribution is 5.79. The van der Waals surface area contributed by atoms with E-state index in [1.54, 1.807) is 0 Å². The minimum Gasteiger partial charge on any atom is -0.300 e. The number of hydrogen-bond acceptors (Lipinski definition) is 1. The third-order valence-electron chi connectivity index (χ3n) is 4.28. The van der Waals surface area contributed by atoms with Crippen molar-refractivity contribution in [1.29, 1.82) is 0 Å². The van der Waals surface area contributed by atoms with E-state index >= 15 is 0 Å². The van der Waals surface area contributed by atoms with Gasteiger partial charge >= 0.3 is 0 Å². The first-order valence-corrected chi connectivity index (χ1v) is 7.46. The minimum absolute atomic E-state index is 0.432. The smallest absolute Gasteiger partial charge is 0.132 e. The molecule has 0 unspecified atom stereocenters. The molecule has 0 aromatic heterocycles. The van der Waals surface area contributed by atoms with Crippen molar-refractivity contribution in [2.45, 2.75) is 38.0 Å². The molecule has 0 bridgehead atoms. The molecule has 0 saturated heterocycles. The molecule has 102 valence electrons. The van der Waals surface area contributed by atoms with Crippen LogP contribution in [0, 0.1) is 0 Å². The molecule has 0 aliphatic heterocycles. The van der Waals surface area contributed by atoms with Crippen molar-refractivity contribution in [3.05, 3.63) is 71.3 Å². The lowest BCUT2D eigenvalue weighted by atomic mass is 9.80. The van der Waals surface area contributed by atoms with Gasteiger partial charge in [0.2, 0.25) is 0 Å². The molecule has 0 spiro atoms. The van der Waals surface area contributed by atoms with Crippen molar-refractivity contribution < 1.29 is 4.79 Å². The van der Waals surface area contributed by atoms with Crippen molar-refractivity contribution >= 4 is 5.78 Å². The highest BCUT2D eigenvalue weighted by Gasteiger charge is 2.21. The average molecular weight is 264 g/mol. The lowest BCUT2D eigenvalue weighted by Crippen LogP contribution is -2.13. The number of carbonyl (C=O) groups is 1. The maximum atomic E-state index is 11.4. The molecular formula is C19H20O. The quantitative estimate of drug-likeness (QED) is 0.797. The zero-order chi connectivity index (χ0) is 13.8. The monoisotopic (exact) mass is 264 g/mol. The zero-order valence-corrected chi connectivity index (χ0v) is 11.7. The molecule has 0 radical (unpaired) electrons. The van der Waals surface area contributed by atoms with Gasteiger partial charge in [-0.05, 0) is 41.9 Å². The Hall–Kier alpha value is -1.89. The summed E-state index contributed by atoms with van der Waals surface area (Å²) in [6, 6.07) is 19.3. The van der Waals surface area contributed by atoms with Gasteiger partial charge in [-0.3, -0.25) is 4.79 Å². The molecule has 0 atom stereocenters. The fraction of sp³-hybridized carbons (Fsp3) is 0.316. The van der Waals surface area contributed by atoms with Crippen LogP contribution in [0.4, 0.5) is 0 Å². The number of benzene rings is 2. The van der Waals surface area contributed by atoms with Gasteiger partial charge in [-0.25, -0.2) is 0 Å². The molecule has 1 aliphatic carbocycles. The second-order valence-corrected chi connectivity index (χ2v) is 5.67. The Bertz CT molecular complexity index is 576. The van der Waals surface area contributed by atoms with Crippen molar-refractivity contribution in [1.82, 2.24) is 0 Å². The number of ketones is 1. The van der Waals surface area contributed by atoms with E-state index in [0.29, 0.717) is 11.7 Å². The van der Waals surface area contributed by atoms with Crippen molar-refractivity contribution in [3.63, 3.8) is 0 Å². The molecule has 1 heteroatoms. The first-order valence-electron chi connectivity index (χ1n) is 7.46. The summed E-state index contributed by atoms with van der Waals surface area (Å²) in [4.78, 5) is 11.4. The van der Waals surface area contributed by atoms with Crippen LogP contribution in [-0.2, 0) is 11.2 Å². The summed E-state index contributed by atoms with van der Waals surface area (Å²) in [5, 5.41) is 0. The third kappa shape index (κ3) is 2.98. The Morgan fingerprint density at radius 1 is 0.850 bits per heavy atom. The Morgan fingerprint density at radius 3 is 2.25 bits per heavy atom. The Balaban J connectivity index is 1.83. The first kappa shape index (κ1) is 13.1. The zero-order valence-electron chi connectivity index (χ0n) is 11.7. The van der Waals surface area contributed by atoms with Crippen LogP contribution < -0.4 is 0 Å². The van der Waals surface area contributed by atoms with E-state index in [2.05, 4.69) is 54.6 Å². The molecule has 0 N–H and O–H groups in total. The topological polar surface area (TPSA) is 17.1 Å². The van der Waals surface area contributed by atoms with E-state index in [1.165, 1.54) is 16.7 Å². The van der Waals surface area contributed by atoms with E-state index in [1.807, 2.05) is 0 Å². The van der Waals surface area contributed by atoms with Gasteiger partial charge in [0.1, 0.15) is 5.78 Å². The van der Waals surface area contributed by atoms with Gasteiger partial charge in [0.05, 0.1) is 0 Å². The molecule has 2 aromatic rings. The van der Waals surface area contributed by atoms with E-state index in [0.717, 1.165) is 32.1 Å². The molecule has 0 amide bonds. The van der Waals surface area contributed by atoms with Gasteiger partial charge in [-0.2, -0.15) is 0 Å². The summed E-state index contributed by atoms with van der Waals surface area (Å²) in [7, 11) is 0. The molecule has 0 heterocycles. The van der Waals surface area contributed by atoms with Crippen LogP contribution in [0.1, 0.15) is 48.3 Å². The van der Waals surface area contributed by atoms with Crippen molar-refractivity contribution in [2.75, 3.05) is 0 Å². The maximum absolute atomic E-state index is 11.4. The summed E-state index contributed by atoms with van der Waals surface area (Å²) in [5.74, 6) is 0.995. The Labute approximate surface area is 120 Å². The standard InChI is InChI=1S/C19H20O/c20-18-12-10-16(11-13-18)19-9-5-4-8-17(19)14-15-6-2-1-3-7-15/h1-9,16H,10-14H2. The number of Topliss-reactive ketones (excluding diaryl/α,β-unsaturated/α-hetero) is 1. The Morgan fingerprint density at radius 2 is 1.50 bits per heavy atom. The van der Waals surface area contributed by atoms with E-state index in [9.17, 15) is 4.79 Å². The largest absolute Gasteiger partial charge is 0.300 e. The number of carbonyl (C=O) groups excluding carboxylic acids is 1. The summed E-state index contributed by atoms with van der Waals surface area (Å²) >= 11 is 0. The number of hydrogen-bond donors (Lipinski definition) is 0. The lowest BCUT2D eigenvalue weighted by molar-refractivity contribution is -0.120. The summed E-state index contributed by atoms with van der Waals surface area (Å²) in [5.41, 5.74) is 4.22. The molecule has 3 rings (SSSR count). The highest BCUT2D eigenvalue weighted by Crippen LogP contribution is 2.33. The second-order valence-electron chi connectivity index (χ2n) is 5.67. The molecule has 1 nitrogen and oxygen atoms in total. The van der Waals surface area contributed by atoms with Gasteiger partial charge < -0.3 is 0 Å². The molecule has 1 saturated carbocycles. The third-order valence-corrected chi connectivity index (χ3v) is 4.28. The van der Waals surface area contributed by atoms with Gasteiger partial charge in [0, 0.05) is 12.8 Å². The molecule has 1 aliphatic rings. The van der Waals surface area contributed by atoms with Gasteiger partial charge in [0.15, 0.2) is 0 Å². The fourth-order valence-corrected chi connectivity index (χ4v) is 3.16. The van der Waals surface area contributed by atoms with Crippen LogP contribution in [0.25, 0.3) is 0 Å².